The maximum atomic E-state index is 13.3. The van der Waals surface area contributed by atoms with Gasteiger partial charge in [0.2, 0.25) is 5.43 Å². The highest BCUT2D eigenvalue weighted by atomic mass is 16.6. The number of benzene rings is 3. The number of rotatable bonds is 7. The molecule has 0 unspecified atom stereocenters. The number of nitro groups is 1. The van der Waals surface area contributed by atoms with Crippen molar-refractivity contribution in [2.75, 3.05) is 12.4 Å². The molecule has 0 spiro atoms. The minimum atomic E-state index is -0.613. The van der Waals surface area contributed by atoms with Crippen LogP contribution < -0.4 is 15.5 Å². The van der Waals surface area contributed by atoms with Crippen LogP contribution in [0.2, 0.25) is 0 Å². The average molecular weight is 485 g/mol. The summed E-state index contributed by atoms with van der Waals surface area (Å²) in [4.78, 5) is 37.2. The van der Waals surface area contributed by atoms with Gasteiger partial charge < -0.3 is 10.1 Å². The first-order valence-corrected chi connectivity index (χ1v) is 11.3. The van der Waals surface area contributed by atoms with Crippen molar-refractivity contribution in [3.8, 4) is 22.6 Å². The molecule has 0 radical (unpaired) electrons. The van der Waals surface area contributed by atoms with Gasteiger partial charge in [-0.25, -0.2) is 4.68 Å². The maximum absolute atomic E-state index is 13.3. The molecule has 0 atom stereocenters. The first-order chi connectivity index (χ1) is 17.3. The van der Waals surface area contributed by atoms with Crippen molar-refractivity contribution in [1.82, 2.24) is 9.78 Å². The second-order valence-electron chi connectivity index (χ2n) is 8.06. The Labute approximate surface area is 207 Å². The zero-order valence-corrected chi connectivity index (χ0v) is 20.0. The smallest absolute Gasteiger partial charge is 0.270 e. The number of anilines is 1. The Morgan fingerprint density at radius 2 is 1.78 bits per heavy atom. The lowest BCUT2D eigenvalue weighted by atomic mass is 10.0. The third-order valence-electron chi connectivity index (χ3n) is 5.77. The van der Waals surface area contributed by atoms with Crippen LogP contribution in [0.25, 0.3) is 16.8 Å². The molecule has 182 valence electrons. The van der Waals surface area contributed by atoms with E-state index in [9.17, 15) is 19.7 Å². The van der Waals surface area contributed by atoms with Crippen LogP contribution in [-0.2, 0) is 6.42 Å². The molecule has 3 aromatic carbocycles. The van der Waals surface area contributed by atoms with Gasteiger partial charge >= 0.3 is 0 Å². The number of nitro benzene ring substituents is 1. The quantitative estimate of drug-likeness (QED) is 0.293. The molecule has 4 rings (SSSR count). The van der Waals surface area contributed by atoms with E-state index < -0.39 is 10.8 Å². The van der Waals surface area contributed by atoms with Gasteiger partial charge in [0, 0.05) is 17.7 Å². The Bertz CT molecular complexity index is 1490. The molecular formula is C27H24N4O5. The summed E-state index contributed by atoms with van der Waals surface area (Å²) in [5.41, 5.74) is 2.31. The van der Waals surface area contributed by atoms with Gasteiger partial charge in [0.1, 0.15) is 17.3 Å². The molecule has 0 aliphatic rings. The Hall–Kier alpha value is -4.79. The lowest BCUT2D eigenvalue weighted by molar-refractivity contribution is -0.384. The number of hydrogen-bond donors (Lipinski definition) is 1. The summed E-state index contributed by atoms with van der Waals surface area (Å²) in [7, 11) is 1.54. The number of nitrogens with zero attached hydrogens (tertiary/aromatic N) is 3. The second kappa shape index (κ2) is 10.2. The third-order valence-corrected chi connectivity index (χ3v) is 5.77. The molecule has 0 saturated heterocycles. The zero-order chi connectivity index (χ0) is 25.8. The van der Waals surface area contributed by atoms with Crippen molar-refractivity contribution in [1.29, 1.82) is 0 Å². The number of aryl methyl sites for hydroxylation is 2. The van der Waals surface area contributed by atoms with Crippen molar-refractivity contribution < 1.29 is 14.5 Å². The average Bonchev–Trinajstić information content (AvgIpc) is 2.91. The summed E-state index contributed by atoms with van der Waals surface area (Å²) in [6, 6.07) is 19.9. The van der Waals surface area contributed by atoms with Crippen LogP contribution in [0.1, 0.15) is 28.5 Å². The van der Waals surface area contributed by atoms with E-state index in [1.807, 2.05) is 31.2 Å². The van der Waals surface area contributed by atoms with E-state index in [2.05, 4.69) is 10.4 Å². The predicted molar refractivity (Wildman–Crippen MR) is 137 cm³/mol. The minimum Gasteiger partial charge on any atom is -0.497 e. The van der Waals surface area contributed by atoms with Crippen molar-refractivity contribution in [3.05, 3.63) is 110 Å². The SMILES string of the molecule is CCc1ccc(-n2nc(C)c(=O)c(-c3ccc(OC)cc3)c2NC(=O)c2cccc([N+](=O)[O-])c2)cc1. The Kier molecular flexibility index (Phi) is 6.91. The van der Waals surface area contributed by atoms with Crippen molar-refractivity contribution >= 4 is 17.4 Å². The fourth-order valence-corrected chi connectivity index (χ4v) is 3.78. The highest BCUT2D eigenvalue weighted by Gasteiger charge is 2.22. The molecule has 1 heterocycles. The van der Waals surface area contributed by atoms with Gasteiger partial charge in [-0.15, -0.1) is 0 Å². The molecule has 1 N–H and O–H groups in total. The Balaban J connectivity index is 1.92. The molecule has 9 nitrogen and oxygen atoms in total. The van der Waals surface area contributed by atoms with Gasteiger partial charge in [0.05, 0.1) is 23.3 Å². The number of methoxy groups -OCH3 is 1. The van der Waals surface area contributed by atoms with Crippen molar-refractivity contribution in [2.24, 2.45) is 0 Å². The molecular weight excluding hydrogens is 460 g/mol. The number of aromatic nitrogens is 2. The number of carbonyl (C=O) groups excluding carboxylic acids is 1. The molecule has 36 heavy (non-hydrogen) atoms. The van der Waals surface area contributed by atoms with Crippen LogP contribution >= 0.6 is 0 Å². The van der Waals surface area contributed by atoms with Gasteiger partial charge in [-0.05, 0) is 54.8 Å². The van der Waals surface area contributed by atoms with E-state index in [0.717, 1.165) is 12.0 Å². The van der Waals surface area contributed by atoms with E-state index in [1.165, 1.54) is 28.9 Å². The second-order valence-corrected chi connectivity index (χ2v) is 8.06. The number of non-ortho nitro benzene ring substituents is 1. The first-order valence-electron chi connectivity index (χ1n) is 11.3. The van der Waals surface area contributed by atoms with Crippen LogP contribution in [-0.4, -0.2) is 27.7 Å². The number of carbonyl (C=O) groups is 1. The lowest BCUT2D eigenvalue weighted by Crippen LogP contribution is -2.25. The highest BCUT2D eigenvalue weighted by Crippen LogP contribution is 2.29. The van der Waals surface area contributed by atoms with Gasteiger partial charge in [0.25, 0.3) is 11.6 Å². The monoisotopic (exact) mass is 484 g/mol. The summed E-state index contributed by atoms with van der Waals surface area (Å²) in [6.07, 6.45) is 0.852. The minimum absolute atomic E-state index is 0.0748. The summed E-state index contributed by atoms with van der Waals surface area (Å²) >= 11 is 0. The molecule has 1 amide bonds. The topological polar surface area (TPSA) is 116 Å². The molecule has 0 aliphatic carbocycles. The largest absolute Gasteiger partial charge is 0.497 e. The normalized spacial score (nSPS) is 10.6. The molecule has 1 aromatic heterocycles. The summed E-state index contributed by atoms with van der Waals surface area (Å²) in [5, 5.41) is 18.5. The van der Waals surface area contributed by atoms with Gasteiger partial charge in [-0.2, -0.15) is 5.10 Å². The summed E-state index contributed by atoms with van der Waals surface area (Å²) < 4.78 is 6.74. The Morgan fingerprint density at radius 3 is 2.39 bits per heavy atom. The van der Waals surface area contributed by atoms with E-state index in [1.54, 1.807) is 38.3 Å². The standard InChI is InChI=1S/C27H24N4O5/c1-4-18-8-12-21(13-9-18)30-26(28-27(33)20-6-5-7-22(16-20)31(34)35)24(25(32)17(2)29-30)19-10-14-23(36-3)15-11-19/h5-16H,4H2,1-3H3,(H,28,33). The van der Waals surface area contributed by atoms with Gasteiger partial charge in [0.15, 0.2) is 0 Å². The number of amides is 1. The summed E-state index contributed by atoms with van der Waals surface area (Å²) in [5.74, 6) is 0.149. The van der Waals surface area contributed by atoms with Crippen molar-refractivity contribution in [3.63, 3.8) is 0 Å². The first kappa shape index (κ1) is 24.3. The fourth-order valence-electron chi connectivity index (χ4n) is 3.78. The lowest BCUT2D eigenvalue weighted by Gasteiger charge is -2.19. The molecule has 0 bridgehead atoms. The van der Waals surface area contributed by atoms with Gasteiger partial charge in [-0.3, -0.25) is 19.7 Å². The van der Waals surface area contributed by atoms with E-state index >= 15 is 0 Å². The van der Waals surface area contributed by atoms with Crippen LogP contribution in [0.4, 0.5) is 11.5 Å². The number of hydrogen-bond acceptors (Lipinski definition) is 6. The number of ether oxygens (including phenoxy) is 1. The van der Waals surface area contributed by atoms with Gasteiger partial charge in [-0.1, -0.05) is 37.3 Å². The summed E-state index contributed by atoms with van der Waals surface area (Å²) in [6.45, 7) is 3.65. The third kappa shape index (κ3) is 4.85. The maximum Gasteiger partial charge on any atom is 0.270 e. The van der Waals surface area contributed by atoms with E-state index in [-0.39, 0.29) is 33.8 Å². The van der Waals surface area contributed by atoms with Crippen molar-refractivity contribution in [2.45, 2.75) is 20.3 Å². The molecule has 0 saturated carbocycles. The van der Waals surface area contributed by atoms with E-state index in [0.29, 0.717) is 17.0 Å². The van der Waals surface area contributed by atoms with Crippen LogP contribution in [0.15, 0.2) is 77.6 Å². The zero-order valence-electron chi connectivity index (χ0n) is 20.0. The molecule has 0 aliphatic heterocycles. The molecule has 4 aromatic rings. The highest BCUT2D eigenvalue weighted by molar-refractivity contribution is 6.06. The Morgan fingerprint density at radius 1 is 1.08 bits per heavy atom. The van der Waals surface area contributed by atoms with Crippen LogP contribution in [0.5, 0.6) is 5.75 Å². The van der Waals surface area contributed by atoms with E-state index in [4.69, 9.17) is 4.74 Å². The predicted octanol–water partition coefficient (Wildman–Crippen LogP) is 4.94. The molecule has 9 heteroatoms. The molecule has 0 fully saturated rings. The van der Waals surface area contributed by atoms with Crippen LogP contribution in [0, 0.1) is 17.0 Å². The fraction of sp³-hybridized carbons (Fsp3) is 0.148. The van der Waals surface area contributed by atoms with Crippen LogP contribution in [0.3, 0.4) is 0 Å². The number of nitrogens with one attached hydrogen (secondary N) is 1.